The van der Waals surface area contributed by atoms with Crippen LogP contribution >= 0.6 is 0 Å². The van der Waals surface area contributed by atoms with Crippen molar-refractivity contribution in [3.8, 4) is 23.5 Å². The molecule has 0 aliphatic carbocycles. The molecule has 224 valence electrons. The van der Waals surface area contributed by atoms with E-state index in [1.165, 1.54) is 19.4 Å². The molecule has 3 aromatic rings. The maximum absolute atomic E-state index is 13.1. The van der Waals surface area contributed by atoms with Crippen molar-refractivity contribution in [1.29, 1.82) is 0 Å². The molecule has 11 heteroatoms. The normalized spacial score (nSPS) is 11.9. The summed E-state index contributed by atoms with van der Waals surface area (Å²) in [6, 6.07) is 10.7. The second-order valence-corrected chi connectivity index (χ2v) is 17.0. The van der Waals surface area contributed by atoms with Crippen LogP contribution in [0.3, 0.4) is 0 Å². The number of hydrogen-bond donors (Lipinski definition) is 2. The Kier molecular flexibility index (Phi) is 10.4. The van der Waals surface area contributed by atoms with Crippen molar-refractivity contribution in [3.05, 3.63) is 41.7 Å². The number of aromatic nitrogens is 2. The fourth-order valence-electron chi connectivity index (χ4n) is 4.84. The molecule has 0 saturated heterocycles. The number of methoxy groups -OCH3 is 2. The predicted octanol–water partition coefficient (Wildman–Crippen LogP) is 5.76. The van der Waals surface area contributed by atoms with E-state index in [4.69, 9.17) is 18.6 Å². The molecular weight excluding hydrogens is 538 g/mol. The van der Waals surface area contributed by atoms with Crippen molar-refractivity contribution in [2.75, 3.05) is 52.0 Å². The summed E-state index contributed by atoms with van der Waals surface area (Å²) in [5.41, 5.74) is 1.43. The molecule has 41 heavy (non-hydrogen) atoms. The van der Waals surface area contributed by atoms with E-state index >= 15 is 0 Å². The molecular formula is C30H45N5O5Si. The van der Waals surface area contributed by atoms with Crippen molar-refractivity contribution in [2.24, 2.45) is 5.41 Å². The van der Waals surface area contributed by atoms with Crippen LogP contribution in [-0.2, 0) is 0 Å². The van der Waals surface area contributed by atoms with E-state index in [2.05, 4.69) is 77.6 Å². The van der Waals surface area contributed by atoms with Crippen LogP contribution in [0.5, 0.6) is 23.5 Å². The SMILES string of the molecule is COc1nc(NCCCN(C)C)nc(OC)c1NC(=O)c1ccc(Oc2cc([Si](C)(C)CC(C)(C)C)ccc2C)o1. The monoisotopic (exact) mass is 583 g/mol. The summed E-state index contributed by atoms with van der Waals surface area (Å²) >= 11 is 0. The minimum atomic E-state index is -1.70. The van der Waals surface area contributed by atoms with Crippen LogP contribution in [0.1, 0.15) is 43.3 Å². The average Bonchev–Trinajstić information content (AvgIpc) is 3.35. The number of hydrogen-bond acceptors (Lipinski definition) is 9. The second-order valence-electron chi connectivity index (χ2n) is 12.3. The smallest absolute Gasteiger partial charge is 0.291 e. The highest BCUT2D eigenvalue weighted by atomic mass is 28.3. The van der Waals surface area contributed by atoms with Gasteiger partial charge in [-0.15, -0.1) is 0 Å². The van der Waals surface area contributed by atoms with Gasteiger partial charge in [0, 0.05) is 12.6 Å². The molecule has 0 aliphatic heterocycles. The largest absolute Gasteiger partial charge is 0.479 e. The highest BCUT2D eigenvalue weighted by molar-refractivity contribution is 6.89. The summed E-state index contributed by atoms with van der Waals surface area (Å²) in [7, 11) is 5.27. The summed E-state index contributed by atoms with van der Waals surface area (Å²) < 4.78 is 22.7. The maximum Gasteiger partial charge on any atom is 0.291 e. The number of rotatable bonds is 13. The fourth-order valence-corrected chi connectivity index (χ4v) is 8.75. The van der Waals surface area contributed by atoms with Crippen LogP contribution in [0, 0.1) is 12.3 Å². The standard InChI is InChI=1S/C30H45N5O5Si/c1-20-12-13-21(41(9,10)19-30(2,3)4)18-23(20)40-24-15-14-22(39-24)26(36)32-25-27(37-7)33-29(34-28(25)38-8)31-16-11-17-35(5)6/h12-15,18H,11,16-17,19H2,1-10H3,(H,32,36)(H,31,33,34). The first kappa shape index (κ1) is 31.9. The highest BCUT2D eigenvalue weighted by Gasteiger charge is 2.30. The molecule has 0 fully saturated rings. The Morgan fingerprint density at radius 3 is 2.29 bits per heavy atom. The van der Waals surface area contributed by atoms with Crippen molar-refractivity contribution < 1.29 is 23.4 Å². The molecule has 0 bridgehead atoms. The highest BCUT2D eigenvalue weighted by Crippen LogP contribution is 2.34. The molecule has 2 N–H and O–H groups in total. The van der Waals surface area contributed by atoms with E-state index in [-0.39, 0.29) is 34.6 Å². The Morgan fingerprint density at radius 2 is 1.71 bits per heavy atom. The van der Waals surface area contributed by atoms with Crippen molar-refractivity contribution >= 4 is 30.8 Å². The lowest BCUT2D eigenvalue weighted by molar-refractivity contribution is 0.0990. The van der Waals surface area contributed by atoms with Crippen molar-refractivity contribution in [2.45, 2.75) is 53.3 Å². The van der Waals surface area contributed by atoms with Gasteiger partial charge in [0.1, 0.15) is 5.75 Å². The van der Waals surface area contributed by atoms with Gasteiger partial charge >= 0.3 is 0 Å². The van der Waals surface area contributed by atoms with Crippen molar-refractivity contribution in [3.63, 3.8) is 0 Å². The molecule has 1 aromatic carbocycles. The number of amides is 1. The molecule has 0 radical (unpaired) electrons. The van der Waals surface area contributed by atoms with Crippen LogP contribution in [-0.4, -0.2) is 70.3 Å². The Hall–Kier alpha value is -3.57. The van der Waals surface area contributed by atoms with E-state index in [9.17, 15) is 4.79 Å². The minimum Gasteiger partial charge on any atom is -0.479 e. The van der Waals surface area contributed by atoms with Crippen LogP contribution in [0.15, 0.2) is 34.7 Å². The van der Waals surface area contributed by atoms with Gasteiger partial charge in [0.2, 0.25) is 17.7 Å². The third-order valence-corrected chi connectivity index (χ3v) is 10.3. The molecule has 0 unspecified atom stereocenters. The Balaban J connectivity index is 1.75. The van der Waals surface area contributed by atoms with Crippen LogP contribution in [0.2, 0.25) is 19.1 Å². The third-order valence-electron chi connectivity index (χ3n) is 6.49. The molecule has 0 aliphatic rings. The van der Waals surface area contributed by atoms with E-state index in [0.717, 1.165) is 24.6 Å². The van der Waals surface area contributed by atoms with Gasteiger partial charge in [0.05, 0.1) is 22.3 Å². The third kappa shape index (κ3) is 8.96. The minimum absolute atomic E-state index is 0.0613. The molecule has 0 saturated carbocycles. The molecule has 3 rings (SSSR count). The number of carbonyl (C=O) groups is 1. The predicted molar refractivity (Wildman–Crippen MR) is 166 cm³/mol. The molecule has 0 atom stereocenters. The number of anilines is 2. The quantitative estimate of drug-likeness (QED) is 0.191. The zero-order valence-corrected chi connectivity index (χ0v) is 27.1. The van der Waals surface area contributed by atoms with Gasteiger partial charge in [-0.05, 0) is 63.1 Å². The molecule has 1 amide bonds. The number of furan rings is 1. The number of aryl methyl sites for hydroxylation is 1. The first-order chi connectivity index (χ1) is 19.2. The summed E-state index contributed by atoms with van der Waals surface area (Å²) in [6.45, 7) is 15.2. The summed E-state index contributed by atoms with van der Waals surface area (Å²) in [5, 5.41) is 7.23. The molecule has 0 spiro atoms. The van der Waals surface area contributed by atoms with E-state index < -0.39 is 14.0 Å². The van der Waals surface area contributed by atoms with Crippen LogP contribution < -0.4 is 30.0 Å². The molecule has 2 heterocycles. The van der Waals surface area contributed by atoms with Gasteiger partial charge < -0.3 is 34.2 Å². The molecule has 2 aromatic heterocycles. The van der Waals surface area contributed by atoms with Gasteiger partial charge in [0.25, 0.3) is 11.9 Å². The molecule has 10 nitrogen and oxygen atoms in total. The van der Waals surface area contributed by atoms with Gasteiger partial charge in [-0.1, -0.05) is 51.2 Å². The number of ether oxygens (including phenoxy) is 3. The fraction of sp³-hybridized carbons (Fsp3) is 0.500. The number of benzene rings is 1. The Labute approximate surface area is 244 Å². The number of carbonyl (C=O) groups excluding carboxylic acids is 1. The van der Waals surface area contributed by atoms with Gasteiger partial charge in [-0.2, -0.15) is 9.97 Å². The zero-order valence-electron chi connectivity index (χ0n) is 26.1. The first-order valence-corrected chi connectivity index (χ1v) is 17.0. The van der Waals surface area contributed by atoms with Crippen molar-refractivity contribution in [1.82, 2.24) is 14.9 Å². The van der Waals surface area contributed by atoms with Crippen LogP contribution in [0.25, 0.3) is 0 Å². The van der Waals surface area contributed by atoms with E-state index in [1.54, 1.807) is 12.1 Å². The number of nitrogens with one attached hydrogen (secondary N) is 2. The number of nitrogens with zero attached hydrogens (tertiary/aromatic N) is 3. The summed E-state index contributed by atoms with van der Waals surface area (Å²) in [4.78, 5) is 24.0. The lowest BCUT2D eigenvalue weighted by Crippen LogP contribution is -2.44. The summed E-state index contributed by atoms with van der Waals surface area (Å²) in [6.07, 6.45) is 0.906. The van der Waals surface area contributed by atoms with Gasteiger partial charge in [-0.25, -0.2) is 0 Å². The summed E-state index contributed by atoms with van der Waals surface area (Å²) in [5.74, 6) is 1.15. The van der Waals surface area contributed by atoms with Gasteiger partial charge in [-0.3, -0.25) is 4.79 Å². The zero-order chi connectivity index (χ0) is 30.4. The van der Waals surface area contributed by atoms with Gasteiger partial charge in [0.15, 0.2) is 11.4 Å². The maximum atomic E-state index is 13.1. The Morgan fingerprint density at radius 1 is 1.05 bits per heavy atom. The average molecular weight is 584 g/mol. The van der Waals surface area contributed by atoms with E-state index in [1.807, 2.05) is 21.0 Å². The topological polar surface area (TPSA) is 111 Å². The first-order valence-electron chi connectivity index (χ1n) is 13.8. The lowest BCUT2D eigenvalue weighted by Gasteiger charge is -2.31. The Bertz CT molecular complexity index is 1310. The van der Waals surface area contributed by atoms with Crippen LogP contribution in [0.4, 0.5) is 11.6 Å². The second kappa shape index (κ2) is 13.4. The lowest BCUT2D eigenvalue weighted by atomic mass is 10.0. The van der Waals surface area contributed by atoms with E-state index in [0.29, 0.717) is 18.2 Å².